The Labute approximate surface area is 168 Å². The molecule has 29 heavy (non-hydrogen) atoms. The smallest absolute Gasteiger partial charge is 0.313 e. The number of nitrogens with zero attached hydrogens (tertiary/aromatic N) is 4. The Morgan fingerprint density at radius 2 is 1.97 bits per heavy atom. The van der Waals surface area contributed by atoms with E-state index in [0.29, 0.717) is 11.4 Å². The van der Waals surface area contributed by atoms with Gasteiger partial charge in [-0.05, 0) is 50.3 Å². The molecule has 2 unspecified atom stereocenters. The Kier molecular flexibility index (Phi) is 7.35. The zero-order chi connectivity index (χ0) is 21.6. The van der Waals surface area contributed by atoms with Gasteiger partial charge in [-0.15, -0.1) is 10.2 Å². The van der Waals surface area contributed by atoms with Crippen molar-refractivity contribution >= 4 is 11.5 Å². The molecule has 2 N–H and O–H groups in total. The van der Waals surface area contributed by atoms with Gasteiger partial charge in [0.25, 0.3) is 0 Å². The van der Waals surface area contributed by atoms with Crippen molar-refractivity contribution in [1.29, 1.82) is 0 Å². The van der Waals surface area contributed by atoms with Crippen LogP contribution in [0.25, 0.3) is 5.57 Å². The number of esters is 1. The van der Waals surface area contributed by atoms with Gasteiger partial charge in [-0.3, -0.25) is 4.79 Å². The van der Waals surface area contributed by atoms with Crippen LogP contribution in [0, 0.1) is 5.82 Å². The lowest BCUT2D eigenvalue weighted by molar-refractivity contribution is -0.136. The van der Waals surface area contributed by atoms with Crippen LogP contribution in [0.15, 0.2) is 43.0 Å². The summed E-state index contributed by atoms with van der Waals surface area (Å²) in [5, 5.41) is 32.1. The Morgan fingerprint density at radius 1 is 1.31 bits per heavy atom. The molecule has 0 saturated heterocycles. The number of carbonyl (C=O) groups excluding carboxylic acids is 1. The molecule has 0 amide bonds. The van der Waals surface area contributed by atoms with Crippen LogP contribution in [0.4, 0.5) is 4.39 Å². The van der Waals surface area contributed by atoms with E-state index < -0.39 is 24.0 Å². The summed E-state index contributed by atoms with van der Waals surface area (Å²) >= 11 is 0. The summed E-state index contributed by atoms with van der Waals surface area (Å²) in [7, 11) is 0. The average molecular weight is 404 g/mol. The Bertz CT molecular complexity index is 871. The number of carbonyl (C=O) groups is 1. The molecule has 0 bridgehead atoms. The van der Waals surface area contributed by atoms with Gasteiger partial charge < -0.3 is 14.9 Å². The van der Waals surface area contributed by atoms with E-state index in [4.69, 9.17) is 4.74 Å². The normalized spacial score (nSPS) is 14.0. The Morgan fingerprint density at radius 3 is 2.55 bits per heavy atom. The highest BCUT2D eigenvalue weighted by atomic mass is 19.1. The summed E-state index contributed by atoms with van der Waals surface area (Å²) in [6.07, 6.45) is 0.427. The lowest BCUT2D eigenvalue weighted by atomic mass is 10.1. The molecule has 0 fully saturated rings. The van der Waals surface area contributed by atoms with Gasteiger partial charge in [0.05, 0.1) is 24.2 Å². The maximum atomic E-state index is 12.8. The molecule has 1 aromatic heterocycles. The predicted octanol–water partition coefficient (Wildman–Crippen LogP) is 2.24. The van der Waals surface area contributed by atoms with Gasteiger partial charge in [0.15, 0.2) is 0 Å². The summed E-state index contributed by atoms with van der Waals surface area (Å²) in [5.41, 5.74) is 0.131. The van der Waals surface area contributed by atoms with E-state index in [-0.39, 0.29) is 24.1 Å². The first-order chi connectivity index (χ1) is 13.5. The maximum absolute atomic E-state index is 12.8. The van der Waals surface area contributed by atoms with Crippen LogP contribution in [-0.2, 0) is 10.3 Å². The molecule has 8 nitrogen and oxygen atoms in total. The van der Waals surface area contributed by atoms with Crippen molar-refractivity contribution in [2.75, 3.05) is 0 Å². The highest BCUT2D eigenvalue weighted by molar-refractivity contribution is 5.72. The van der Waals surface area contributed by atoms with Crippen LogP contribution < -0.4 is 4.74 Å². The first kappa shape index (κ1) is 22.4. The standard InChI is InChI=1S/C20H25FN4O4/c1-13(19-22-24-25(23-19)20(2,3)4)5-8-15(26)11-16(27)12-18(28)29-17-9-6-14(21)7-10-17/h5-10,15-16,26-27H,1,11-12H2,2-4H3. The van der Waals surface area contributed by atoms with E-state index in [0.717, 1.165) is 12.1 Å². The molecule has 2 aromatic rings. The quantitative estimate of drug-likeness (QED) is 0.394. The minimum absolute atomic E-state index is 0.0790. The average Bonchev–Trinajstić information content (AvgIpc) is 3.12. The van der Waals surface area contributed by atoms with Crippen LogP contribution in [0.5, 0.6) is 5.75 Å². The Balaban J connectivity index is 1.81. The number of allylic oxidation sites excluding steroid dienone is 2. The lowest BCUT2D eigenvalue weighted by Crippen LogP contribution is -2.24. The van der Waals surface area contributed by atoms with Gasteiger partial charge in [0.1, 0.15) is 11.6 Å². The van der Waals surface area contributed by atoms with E-state index >= 15 is 0 Å². The zero-order valence-electron chi connectivity index (χ0n) is 16.6. The van der Waals surface area contributed by atoms with Gasteiger partial charge in [-0.2, -0.15) is 4.80 Å². The number of aliphatic hydroxyl groups is 2. The molecule has 0 aliphatic rings. The number of halogens is 1. The molecular weight excluding hydrogens is 379 g/mol. The third-order valence-corrected chi connectivity index (χ3v) is 3.78. The van der Waals surface area contributed by atoms with Gasteiger partial charge in [-0.25, -0.2) is 4.39 Å². The number of rotatable bonds is 8. The van der Waals surface area contributed by atoms with Crippen molar-refractivity contribution in [2.24, 2.45) is 0 Å². The van der Waals surface area contributed by atoms with Crippen LogP contribution in [0.1, 0.15) is 39.4 Å². The van der Waals surface area contributed by atoms with Crippen molar-refractivity contribution < 1.29 is 24.1 Å². The first-order valence-electron chi connectivity index (χ1n) is 9.05. The van der Waals surface area contributed by atoms with Crippen molar-refractivity contribution in [3.63, 3.8) is 0 Å². The summed E-state index contributed by atoms with van der Waals surface area (Å²) in [4.78, 5) is 13.3. The molecule has 2 atom stereocenters. The highest BCUT2D eigenvalue weighted by Gasteiger charge is 2.18. The van der Waals surface area contributed by atoms with Crippen LogP contribution in [-0.4, -0.2) is 48.6 Å². The number of benzene rings is 1. The number of ether oxygens (including phenoxy) is 1. The van der Waals surface area contributed by atoms with Gasteiger partial charge >= 0.3 is 5.97 Å². The maximum Gasteiger partial charge on any atom is 0.313 e. The second-order valence-corrected chi connectivity index (χ2v) is 7.55. The molecule has 156 valence electrons. The molecule has 0 radical (unpaired) electrons. The van der Waals surface area contributed by atoms with Gasteiger partial charge in [-0.1, -0.05) is 18.7 Å². The molecule has 0 aliphatic heterocycles. The molecule has 0 aliphatic carbocycles. The molecule has 1 heterocycles. The predicted molar refractivity (Wildman–Crippen MR) is 104 cm³/mol. The fraction of sp³-hybridized carbons (Fsp3) is 0.400. The van der Waals surface area contributed by atoms with Crippen molar-refractivity contribution in [2.45, 2.75) is 51.4 Å². The molecule has 9 heteroatoms. The van der Waals surface area contributed by atoms with Crippen molar-refractivity contribution in [1.82, 2.24) is 20.2 Å². The van der Waals surface area contributed by atoms with Crippen molar-refractivity contribution in [3.8, 4) is 5.75 Å². The van der Waals surface area contributed by atoms with Crippen LogP contribution >= 0.6 is 0 Å². The summed E-state index contributed by atoms with van der Waals surface area (Å²) in [5.74, 6) is -0.631. The fourth-order valence-electron chi connectivity index (χ4n) is 2.24. The van der Waals surface area contributed by atoms with E-state index in [2.05, 4.69) is 22.0 Å². The second-order valence-electron chi connectivity index (χ2n) is 7.55. The van der Waals surface area contributed by atoms with Crippen molar-refractivity contribution in [3.05, 3.63) is 54.6 Å². The molecule has 0 saturated carbocycles. The van der Waals surface area contributed by atoms with Gasteiger partial charge in [0, 0.05) is 12.0 Å². The molecule has 1 aromatic carbocycles. The minimum Gasteiger partial charge on any atom is -0.426 e. The Hall–Kier alpha value is -2.91. The summed E-state index contributed by atoms with van der Waals surface area (Å²) < 4.78 is 17.8. The lowest BCUT2D eigenvalue weighted by Gasteiger charge is -2.15. The van der Waals surface area contributed by atoms with Gasteiger partial charge in [0.2, 0.25) is 5.82 Å². The molecule has 0 spiro atoms. The topological polar surface area (TPSA) is 110 Å². The molecular formula is C20H25FN4O4. The third-order valence-electron chi connectivity index (χ3n) is 3.78. The minimum atomic E-state index is -1.12. The first-order valence-corrected chi connectivity index (χ1v) is 9.05. The van der Waals surface area contributed by atoms with Crippen LogP contribution in [0.2, 0.25) is 0 Å². The van der Waals surface area contributed by atoms with E-state index in [9.17, 15) is 19.4 Å². The van der Waals surface area contributed by atoms with E-state index in [1.165, 1.54) is 29.1 Å². The summed E-state index contributed by atoms with van der Waals surface area (Å²) in [6.45, 7) is 9.63. The molecule has 2 rings (SSSR count). The van der Waals surface area contributed by atoms with E-state index in [1.807, 2.05) is 20.8 Å². The monoisotopic (exact) mass is 404 g/mol. The number of aromatic nitrogens is 4. The number of aliphatic hydroxyl groups excluding tert-OH is 2. The number of tetrazole rings is 1. The largest absolute Gasteiger partial charge is 0.426 e. The SMILES string of the molecule is C=C(C=CC(O)CC(O)CC(=O)Oc1ccc(F)cc1)c1nnn(C(C)(C)C)n1. The second kappa shape index (κ2) is 9.53. The number of hydrogen-bond donors (Lipinski definition) is 2. The number of hydrogen-bond acceptors (Lipinski definition) is 7. The van der Waals surface area contributed by atoms with Crippen LogP contribution in [0.3, 0.4) is 0 Å². The highest BCUT2D eigenvalue weighted by Crippen LogP contribution is 2.15. The van der Waals surface area contributed by atoms with E-state index in [1.54, 1.807) is 0 Å². The fourth-order valence-corrected chi connectivity index (χ4v) is 2.24. The third kappa shape index (κ3) is 7.20. The zero-order valence-corrected chi connectivity index (χ0v) is 16.6. The summed E-state index contributed by atoms with van der Waals surface area (Å²) in [6, 6.07) is 4.95.